The molecule has 0 saturated heterocycles. The minimum absolute atomic E-state index is 0.0689. The first-order valence-corrected chi connectivity index (χ1v) is 8.14. The van der Waals surface area contributed by atoms with Crippen LogP contribution in [0.2, 0.25) is 0 Å². The highest BCUT2D eigenvalue weighted by Crippen LogP contribution is 2.30. The van der Waals surface area contributed by atoms with Crippen LogP contribution in [-0.4, -0.2) is 33.5 Å². The Labute approximate surface area is 143 Å². The molecule has 10 heteroatoms. The molecule has 0 aliphatic heterocycles. The third-order valence-electron chi connectivity index (χ3n) is 3.09. The lowest BCUT2D eigenvalue weighted by atomic mass is 10.2. The molecule has 0 aliphatic carbocycles. The smallest absolute Gasteiger partial charge is 0.346 e. The van der Waals surface area contributed by atoms with Gasteiger partial charge in [-0.25, -0.2) is 4.79 Å². The van der Waals surface area contributed by atoms with Gasteiger partial charge in [0.1, 0.15) is 11.5 Å². The summed E-state index contributed by atoms with van der Waals surface area (Å²) in [5.74, 6) is -0.746. The lowest BCUT2D eigenvalue weighted by Crippen LogP contribution is -2.12. The molecule has 0 unspecified atom stereocenters. The molecule has 0 spiro atoms. The van der Waals surface area contributed by atoms with E-state index in [1.165, 1.54) is 38.5 Å². The second-order valence-electron chi connectivity index (χ2n) is 4.65. The molecule has 0 aliphatic rings. The summed E-state index contributed by atoms with van der Waals surface area (Å²) in [7, 11) is -2.04. The number of hydrogen-bond acceptors (Lipinski definition) is 8. The van der Waals surface area contributed by atoms with Crippen LogP contribution < -0.4 is 8.92 Å². The predicted octanol–water partition coefficient (Wildman–Crippen LogP) is 2.16. The first kappa shape index (κ1) is 18.2. The second-order valence-corrected chi connectivity index (χ2v) is 6.16. The SMILES string of the molecule is COC(=O)c1cccc(OS(=O)(=O)c2ccc(OC)cc2[N+](=O)[O-])c1. The summed E-state index contributed by atoms with van der Waals surface area (Å²) in [6, 6.07) is 8.48. The second kappa shape index (κ2) is 7.18. The lowest BCUT2D eigenvalue weighted by Gasteiger charge is -2.09. The van der Waals surface area contributed by atoms with Crippen molar-refractivity contribution in [2.45, 2.75) is 4.90 Å². The number of esters is 1. The van der Waals surface area contributed by atoms with E-state index in [1.807, 2.05) is 0 Å². The summed E-state index contributed by atoms with van der Waals surface area (Å²) in [6.07, 6.45) is 0. The monoisotopic (exact) mass is 367 g/mol. The normalized spacial score (nSPS) is 10.8. The molecular formula is C15H13NO8S. The number of carbonyl (C=O) groups is 1. The standard InChI is InChI=1S/C15H13NO8S/c1-22-11-6-7-14(13(9-11)16(18)19)25(20,21)24-12-5-3-4-10(8-12)15(17)23-2/h3-9H,1-2H3. The molecule has 0 radical (unpaired) electrons. The highest BCUT2D eigenvalue weighted by Gasteiger charge is 2.28. The van der Waals surface area contributed by atoms with Crippen LogP contribution in [0.1, 0.15) is 10.4 Å². The number of benzene rings is 2. The van der Waals surface area contributed by atoms with Gasteiger partial charge in [-0.15, -0.1) is 0 Å². The van der Waals surface area contributed by atoms with E-state index in [0.29, 0.717) is 0 Å². The van der Waals surface area contributed by atoms with Gasteiger partial charge in [-0.2, -0.15) is 8.42 Å². The summed E-state index contributed by atoms with van der Waals surface area (Å²) in [4.78, 5) is 21.1. The Balaban J connectivity index is 2.43. The molecule has 0 aromatic heterocycles. The van der Waals surface area contributed by atoms with E-state index in [1.54, 1.807) is 0 Å². The fourth-order valence-corrected chi connectivity index (χ4v) is 3.01. The zero-order chi connectivity index (χ0) is 18.6. The van der Waals surface area contributed by atoms with Gasteiger partial charge >= 0.3 is 16.1 Å². The van der Waals surface area contributed by atoms with Crippen molar-refractivity contribution in [2.24, 2.45) is 0 Å². The number of nitro benzene ring substituents is 1. The van der Waals surface area contributed by atoms with Crippen molar-refractivity contribution in [3.8, 4) is 11.5 Å². The molecule has 2 aromatic carbocycles. The van der Waals surface area contributed by atoms with E-state index in [-0.39, 0.29) is 17.1 Å². The first-order valence-electron chi connectivity index (χ1n) is 6.74. The number of carbonyl (C=O) groups excluding carboxylic acids is 1. The van der Waals surface area contributed by atoms with Crippen molar-refractivity contribution >= 4 is 21.8 Å². The number of rotatable bonds is 6. The Morgan fingerprint density at radius 2 is 1.80 bits per heavy atom. The summed E-state index contributed by atoms with van der Waals surface area (Å²) < 4.78 is 39.1. The number of ether oxygens (including phenoxy) is 2. The van der Waals surface area contributed by atoms with E-state index in [2.05, 4.69) is 4.74 Å². The molecule has 2 rings (SSSR count). The Morgan fingerprint density at radius 1 is 1.08 bits per heavy atom. The Morgan fingerprint density at radius 3 is 2.40 bits per heavy atom. The molecule has 0 bridgehead atoms. The van der Waals surface area contributed by atoms with Gasteiger partial charge < -0.3 is 13.7 Å². The van der Waals surface area contributed by atoms with Crippen molar-refractivity contribution < 1.29 is 31.8 Å². The van der Waals surface area contributed by atoms with E-state index in [9.17, 15) is 23.3 Å². The Kier molecular flexibility index (Phi) is 5.22. The van der Waals surface area contributed by atoms with Crippen LogP contribution in [0.3, 0.4) is 0 Å². The Bertz CT molecular complexity index is 923. The van der Waals surface area contributed by atoms with Gasteiger partial charge in [-0.1, -0.05) is 6.07 Å². The summed E-state index contributed by atoms with van der Waals surface area (Å²) in [5, 5.41) is 11.1. The van der Waals surface area contributed by atoms with Crippen molar-refractivity contribution in [2.75, 3.05) is 14.2 Å². The number of hydrogen-bond donors (Lipinski definition) is 0. The van der Waals surface area contributed by atoms with Crippen LogP contribution >= 0.6 is 0 Å². The fourth-order valence-electron chi connectivity index (χ4n) is 1.94. The highest BCUT2D eigenvalue weighted by molar-refractivity contribution is 7.87. The molecular weight excluding hydrogens is 354 g/mol. The summed E-state index contributed by atoms with van der Waals surface area (Å²) >= 11 is 0. The highest BCUT2D eigenvalue weighted by atomic mass is 32.2. The van der Waals surface area contributed by atoms with E-state index < -0.39 is 31.6 Å². The quantitative estimate of drug-likeness (QED) is 0.329. The molecule has 25 heavy (non-hydrogen) atoms. The van der Waals surface area contributed by atoms with Crippen LogP contribution in [0.5, 0.6) is 11.5 Å². The third kappa shape index (κ3) is 4.04. The van der Waals surface area contributed by atoms with E-state index >= 15 is 0 Å². The van der Waals surface area contributed by atoms with Crippen molar-refractivity contribution in [3.63, 3.8) is 0 Å². The molecule has 0 N–H and O–H groups in total. The molecule has 0 atom stereocenters. The number of nitrogens with zero attached hydrogens (tertiary/aromatic N) is 1. The third-order valence-corrected chi connectivity index (χ3v) is 4.39. The zero-order valence-corrected chi connectivity index (χ0v) is 14.0. The molecule has 2 aromatic rings. The van der Waals surface area contributed by atoms with Crippen LogP contribution in [0.15, 0.2) is 47.4 Å². The van der Waals surface area contributed by atoms with Gasteiger partial charge in [0.05, 0.1) is 30.8 Å². The largest absolute Gasteiger partial charge is 0.497 e. The lowest BCUT2D eigenvalue weighted by molar-refractivity contribution is -0.388. The molecule has 0 fully saturated rings. The molecule has 132 valence electrons. The summed E-state index contributed by atoms with van der Waals surface area (Å²) in [5.41, 5.74) is -0.622. The molecule has 9 nitrogen and oxygen atoms in total. The van der Waals surface area contributed by atoms with Gasteiger partial charge in [0.15, 0.2) is 4.90 Å². The Hall–Kier alpha value is -3.14. The minimum atomic E-state index is -4.51. The maximum Gasteiger partial charge on any atom is 0.346 e. The number of nitro groups is 1. The van der Waals surface area contributed by atoms with Crippen molar-refractivity contribution in [1.82, 2.24) is 0 Å². The fraction of sp³-hybridized carbons (Fsp3) is 0.133. The molecule has 0 saturated carbocycles. The topological polar surface area (TPSA) is 122 Å². The van der Waals surface area contributed by atoms with Crippen molar-refractivity contribution in [3.05, 3.63) is 58.1 Å². The average Bonchev–Trinajstić information content (AvgIpc) is 2.60. The van der Waals surface area contributed by atoms with Crippen LogP contribution in [0, 0.1) is 10.1 Å². The van der Waals surface area contributed by atoms with E-state index in [4.69, 9.17) is 8.92 Å². The molecule has 0 amide bonds. The zero-order valence-electron chi connectivity index (χ0n) is 13.2. The van der Waals surface area contributed by atoms with Crippen molar-refractivity contribution in [1.29, 1.82) is 0 Å². The average molecular weight is 367 g/mol. The summed E-state index contributed by atoms with van der Waals surface area (Å²) in [6.45, 7) is 0. The molecule has 0 heterocycles. The van der Waals surface area contributed by atoms with E-state index in [0.717, 1.165) is 18.2 Å². The maximum absolute atomic E-state index is 12.4. The first-order chi connectivity index (χ1) is 11.8. The van der Waals surface area contributed by atoms with Gasteiger partial charge in [-0.3, -0.25) is 10.1 Å². The number of methoxy groups -OCH3 is 2. The maximum atomic E-state index is 12.4. The van der Waals surface area contributed by atoms with Gasteiger partial charge in [0.25, 0.3) is 5.69 Å². The minimum Gasteiger partial charge on any atom is -0.497 e. The predicted molar refractivity (Wildman–Crippen MR) is 85.2 cm³/mol. The van der Waals surface area contributed by atoms with Crippen LogP contribution in [0.25, 0.3) is 0 Å². The van der Waals surface area contributed by atoms with Gasteiger partial charge in [0.2, 0.25) is 0 Å². The van der Waals surface area contributed by atoms with Crippen LogP contribution in [0.4, 0.5) is 5.69 Å². The van der Waals surface area contributed by atoms with Gasteiger partial charge in [0, 0.05) is 0 Å². The van der Waals surface area contributed by atoms with Crippen LogP contribution in [-0.2, 0) is 14.9 Å². The van der Waals surface area contributed by atoms with Gasteiger partial charge in [-0.05, 0) is 30.3 Å².